The fourth-order valence-electron chi connectivity index (χ4n) is 3.36. The van der Waals surface area contributed by atoms with Gasteiger partial charge in [0.05, 0.1) is 0 Å². The number of para-hydroxylation sites is 1. The second-order valence-corrected chi connectivity index (χ2v) is 6.73. The first kappa shape index (κ1) is 17.8. The molecule has 1 amide bonds. The molecule has 0 aliphatic heterocycles. The fourth-order valence-corrected chi connectivity index (χ4v) is 3.36. The summed E-state index contributed by atoms with van der Waals surface area (Å²) >= 11 is 0. The Labute approximate surface area is 163 Å². The van der Waals surface area contributed by atoms with Crippen LogP contribution in [0, 0.1) is 6.92 Å². The molecule has 1 aromatic heterocycles. The Bertz CT molecular complexity index is 1130. The van der Waals surface area contributed by atoms with Crippen molar-refractivity contribution in [3.63, 3.8) is 0 Å². The molecule has 4 N–H and O–H groups in total. The molecule has 4 aromatic rings. The lowest BCUT2D eigenvalue weighted by molar-refractivity contribution is 0.0928. The van der Waals surface area contributed by atoms with Crippen LogP contribution in [0.15, 0.2) is 72.8 Å². The van der Waals surface area contributed by atoms with Crippen LogP contribution in [0.2, 0.25) is 0 Å². The lowest BCUT2D eigenvalue weighted by Gasteiger charge is -2.10. The number of hydrogen-bond donors (Lipinski definition) is 4. The van der Waals surface area contributed by atoms with Crippen molar-refractivity contribution in [3.05, 3.63) is 89.6 Å². The van der Waals surface area contributed by atoms with E-state index in [1.54, 1.807) is 6.07 Å². The first-order chi connectivity index (χ1) is 13.6. The summed E-state index contributed by atoms with van der Waals surface area (Å²) in [5.41, 5.74) is 10.7. The summed E-state index contributed by atoms with van der Waals surface area (Å²) in [6, 6.07) is 23.1. The molecule has 140 valence electrons. The maximum atomic E-state index is 12.9. The van der Waals surface area contributed by atoms with Gasteiger partial charge in [-0.05, 0) is 24.6 Å². The zero-order valence-corrected chi connectivity index (χ0v) is 15.5. The van der Waals surface area contributed by atoms with Crippen molar-refractivity contribution >= 4 is 16.8 Å². The number of carbonyl (C=O) groups excluding carboxylic acids is 1. The number of benzene rings is 3. The molecule has 1 heterocycles. The Balaban J connectivity index is 1.60. The molecule has 28 heavy (non-hydrogen) atoms. The third kappa shape index (κ3) is 3.48. The molecule has 0 unspecified atom stereocenters. The van der Waals surface area contributed by atoms with E-state index in [0.717, 1.165) is 33.2 Å². The fraction of sp³-hybridized carbons (Fsp3) is 0.0870. The van der Waals surface area contributed by atoms with Crippen molar-refractivity contribution < 1.29 is 9.90 Å². The molecule has 0 saturated heterocycles. The van der Waals surface area contributed by atoms with E-state index in [2.05, 4.69) is 15.8 Å². The van der Waals surface area contributed by atoms with Crippen LogP contribution in [0.4, 0.5) is 0 Å². The highest BCUT2D eigenvalue weighted by Gasteiger charge is 2.18. The average molecular weight is 371 g/mol. The van der Waals surface area contributed by atoms with Crippen molar-refractivity contribution in [1.29, 1.82) is 0 Å². The Morgan fingerprint density at radius 2 is 1.75 bits per heavy atom. The van der Waals surface area contributed by atoms with Gasteiger partial charge in [0.15, 0.2) is 0 Å². The first-order valence-electron chi connectivity index (χ1n) is 9.11. The van der Waals surface area contributed by atoms with Crippen LogP contribution in [0.1, 0.15) is 21.6 Å². The Hall–Kier alpha value is -3.57. The van der Waals surface area contributed by atoms with Gasteiger partial charge in [0.25, 0.3) is 5.91 Å². The minimum absolute atomic E-state index is 0.197. The van der Waals surface area contributed by atoms with Gasteiger partial charge in [-0.2, -0.15) is 0 Å². The number of phenolic OH excluding ortho intramolecular Hbond substituents is 1. The van der Waals surface area contributed by atoms with Gasteiger partial charge in [-0.3, -0.25) is 10.2 Å². The SMILES string of the molecule is Cc1ccc(O)c(CNNC(=O)c2[nH]c3ccccc3c2-c2ccccc2)c1. The van der Waals surface area contributed by atoms with E-state index >= 15 is 0 Å². The van der Waals surface area contributed by atoms with E-state index in [1.165, 1.54) is 0 Å². The smallest absolute Gasteiger partial charge is 0.282 e. The van der Waals surface area contributed by atoms with Gasteiger partial charge in [-0.25, -0.2) is 5.43 Å². The highest BCUT2D eigenvalue weighted by atomic mass is 16.3. The standard InChI is InChI=1S/C23H21N3O2/c1-15-11-12-20(27)17(13-15)14-24-26-23(28)22-21(16-7-3-2-4-8-16)18-9-5-6-10-19(18)25-22/h2-13,24-25,27H,14H2,1H3,(H,26,28). The maximum absolute atomic E-state index is 12.9. The van der Waals surface area contributed by atoms with Gasteiger partial charge in [0.1, 0.15) is 11.4 Å². The normalized spacial score (nSPS) is 10.9. The monoisotopic (exact) mass is 371 g/mol. The molecule has 4 rings (SSSR count). The highest BCUT2D eigenvalue weighted by molar-refractivity contribution is 6.09. The number of H-pyrrole nitrogens is 1. The van der Waals surface area contributed by atoms with Crippen molar-refractivity contribution in [2.75, 3.05) is 0 Å². The molecule has 0 aliphatic rings. The van der Waals surface area contributed by atoms with Gasteiger partial charge in [-0.1, -0.05) is 66.2 Å². The topological polar surface area (TPSA) is 77.2 Å². The molecular weight excluding hydrogens is 350 g/mol. The Morgan fingerprint density at radius 3 is 2.57 bits per heavy atom. The quantitative estimate of drug-likeness (QED) is 0.395. The Kier molecular flexibility index (Phi) is 4.83. The minimum Gasteiger partial charge on any atom is -0.508 e. The number of aromatic hydroxyl groups is 1. The minimum atomic E-state index is -0.262. The zero-order chi connectivity index (χ0) is 19.5. The van der Waals surface area contributed by atoms with Crippen LogP contribution in [0.3, 0.4) is 0 Å². The van der Waals surface area contributed by atoms with Crippen molar-refractivity contribution in [2.45, 2.75) is 13.5 Å². The molecule has 5 nitrogen and oxygen atoms in total. The number of aromatic amines is 1. The van der Waals surface area contributed by atoms with Crippen molar-refractivity contribution in [3.8, 4) is 16.9 Å². The number of aryl methyl sites for hydroxylation is 1. The van der Waals surface area contributed by atoms with E-state index in [-0.39, 0.29) is 11.7 Å². The largest absolute Gasteiger partial charge is 0.508 e. The summed E-state index contributed by atoms with van der Waals surface area (Å²) < 4.78 is 0. The number of fused-ring (bicyclic) bond motifs is 1. The molecule has 0 spiro atoms. The summed E-state index contributed by atoms with van der Waals surface area (Å²) in [5, 5.41) is 10.9. The van der Waals surface area contributed by atoms with Crippen LogP contribution in [-0.4, -0.2) is 16.0 Å². The summed E-state index contributed by atoms with van der Waals surface area (Å²) in [4.78, 5) is 16.1. The number of rotatable bonds is 5. The molecule has 0 bridgehead atoms. The van der Waals surface area contributed by atoms with E-state index in [1.807, 2.05) is 73.7 Å². The summed E-state index contributed by atoms with van der Waals surface area (Å²) in [6.45, 7) is 2.28. The van der Waals surface area contributed by atoms with Crippen LogP contribution in [-0.2, 0) is 6.54 Å². The number of hydrogen-bond acceptors (Lipinski definition) is 3. The summed E-state index contributed by atoms with van der Waals surface area (Å²) in [7, 11) is 0. The second-order valence-electron chi connectivity index (χ2n) is 6.73. The van der Waals surface area contributed by atoms with Gasteiger partial charge in [0.2, 0.25) is 0 Å². The molecule has 3 aromatic carbocycles. The predicted molar refractivity (Wildman–Crippen MR) is 111 cm³/mol. The number of phenols is 1. The molecule has 0 aliphatic carbocycles. The second kappa shape index (κ2) is 7.58. The van der Waals surface area contributed by atoms with E-state index < -0.39 is 0 Å². The molecular formula is C23H21N3O2. The van der Waals surface area contributed by atoms with Gasteiger partial charge >= 0.3 is 0 Å². The lowest BCUT2D eigenvalue weighted by Crippen LogP contribution is -2.37. The maximum Gasteiger partial charge on any atom is 0.282 e. The number of nitrogens with one attached hydrogen (secondary N) is 3. The number of amides is 1. The van der Waals surface area contributed by atoms with Gasteiger partial charge in [0, 0.05) is 28.6 Å². The van der Waals surface area contributed by atoms with Crippen LogP contribution >= 0.6 is 0 Å². The predicted octanol–water partition coefficient (Wildman–Crippen LogP) is 4.28. The zero-order valence-electron chi connectivity index (χ0n) is 15.5. The van der Waals surface area contributed by atoms with Crippen LogP contribution < -0.4 is 10.9 Å². The van der Waals surface area contributed by atoms with E-state index in [9.17, 15) is 9.90 Å². The number of hydrazine groups is 1. The summed E-state index contributed by atoms with van der Waals surface area (Å²) in [6.07, 6.45) is 0. The van der Waals surface area contributed by atoms with Crippen LogP contribution in [0.5, 0.6) is 5.75 Å². The molecule has 0 atom stereocenters. The van der Waals surface area contributed by atoms with Gasteiger partial charge in [-0.15, -0.1) is 0 Å². The number of carbonyl (C=O) groups is 1. The molecule has 0 fully saturated rings. The third-order valence-electron chi connectivity index (χ3n) is 4.71. The Morgan fingerprint density at radius 1 is 1.00 bits per heavy atom. The highest BCUT2D eigenvalue weighted by Crippen LogP contribution is 2.32. The average Bonchev–Trinajstić information content (AvgIpc) is 3.11. The van der Waals surface area contributed by atoms with Crippen LogP contribution in [0.25, 0.3) is 22.0 Å². The summed E-state index contributed by atoms with van der Waals surface area (Å²) in [5.74, 6) is -0.0647. The molecule has 0 radical (unpaired) electrons. The van der Waals surface area contributed by atoms with Crippen molar-refractivity contribution in [2.24, 2.45) is 0 Å². The van der Waals surface area contributed by atoms with Crippen molar-refractivity contribution in [1.82, 2.24) is 15.8 Å². The van der Waals surface area contributed by atoms with Gasteiger partial charge < -0.3 is 10.1 Å². The number of aromatic nitrogens is 1. The molecule has 5 heteroatoms. The van der Waals surface area contributed by atoms with E-state index in [4.69, 9.17) is 0 Å². The van der Waals surface area contributed by atoms with E-state index in [0.29, 0.717) is 12.2 Å². The first-order valence-corrected chi connectivity index (χ1v) is 9.11. The third-order valence-corrected chi connectivity index (χ3v) is 4.71. The molecule has 0 saturated carbocycles. The lowest BCUT2D eigenvalue weighted by atomic mass is 10.0.